The number of amidine groups is 1. The van der Waals surface area contributed by atoms with E-state index in [0.717, 1.165) is 16.8 Å². The van der Waals surface area contributed by atoms with Gasteiger partial charge in [-0.1, -0.05) is 0 Å². The lowest BCUT2D eigenvalue weighted by Gasteiger charge is -2.19. The van der Waals surface area contributed by atoms with Crippen LogP contribution in [0.25, 0.3) is 11.1 Å². The van der Waals surface area contributed by atoms with Crippen LogP contribution in [0.15, 0.2) is 47.5 Å². The van der Waals surface area contributed by atoms with Gasteiger partial charge in [-0.15, -0.1) is 0 Å². The molecule has 8 heteroatoms. The average Bonchev–Trinajstić information content (AvgIpc) is 3.18. The number of fused-ring (bicyclic) bond motifs is 1. The minimum absolute atomic E-state index is 0.135. The van der Waals surface area contributed by atoms with Crippen molar-refractivity contribution in [1.82, 2.24) is 9.78 Å². The van der Waals surface area contributed by atoms with Crippen LogP contribution in [-0.2, 0) is 0 Å². The number of anilines is 1. The number of benzene rings is 2. The Morgan fingerprint density at radius 3 is 2.50 bits per heavy atom. The highest BCUT2D eigenvalue weighted by atomic mass is 19.1. The molecule has 0 atom stereocenters. The van der Waals surface area contributed by atoms with E-state index in [1.807, 2.05) is 6.07 Å². The molecule has 6 nitrogen and oxygen atoms in total. The number of rotatable bonds is 2. The van der Waals surface area contributed by atoms with Crippen molar-refractivity contribution in [2.24, 2.45) is 4.99 Å². The fourth-order valence-corrected chi connectivity index (χ4v) is 3.19. The Bertz CT molecular complexity index is 1190. The van der Waals surface area contributed by atoms with Crippen molar-refractivity contribution in [3.8, 4) is 17.2 Å². The van der Waals surface area contributed by atoms with Crippen LogP contribution < -0.4 is 4.90 Å². The van der Waals surface area contributed by atoms with E-state index >= 15 is 0 Å². The summed E-state index contributed by atoms with van der Waals surface area (Å²) in [4.78, 5) is 18.0. The van der Waals surface area contributed by atoms with Gasteiger partial charge < -0.3 is 4.90 Å². The summed E-state index contributed by atoms with van der Waals surface area (Å²) in [5, 5.41) is 13.1. The zero-order valence-corrected chi connectivity index (χ0v) is 14.9. The molecule has 138 valence electrons. The smallest absolute Gasteiger partial charge is 0.327 e. The molecule has 0 N–H and O–H groups in total. The molecule has 0 saturated heterocycles. The molecule has 3 aromatic rings. The number of halogens is 2. The third-order valence-electron chi connectivity index (χ3n) is 4.56. The van der Waals surface area contributed by atoms with E-state index in [4.69, 9.17) is 5.26 Å². The van der Waals surface area contributed by atoms with Gasteiger partial charge >= 0.3 is 6.03 Å². The number of nitriles is 1. The summed E-state index contributed by atoms with van der Waals surface area (Å²) >= 11 is 0. The lowest BCUT2D eigenvalue weighted by molar-refractivity contribution is 0.249. The normalized spacial score (nSPS) is 12.5. The summed E-state index contributed by atoms with van der Waals surface area (Å²) in [5.74, 6) is -1.16. The Labute approximate surface area is 159 Å². The first-order valence-electron chi connectivity index (χ1n) is 8.33. The Hall–Kier alpha value is -3.86. The van der Waals surface area contributed by atoms with Crippen LogP contribution in [-0.4, -0.2) is 28.7 Å². The van der Waals surface area contributed by atoms with Crippen LogP contribution in [0.1, 0.15) is 17.0 Å². The van der Waals surface area contributed by atoms with Crippen LogP contribution in [0.5, 0.6) is 0 Å². The van der Waals surface area contributed by atoms with Gasteiger partial charge in [0.1, 0.15) is 17.3 Å². The molecule has 0 spiro atoms. The molecule has 2 aromatic carbocycles. The monoisotopic (exact) mass is 377 g/mol. The molecular weight excluding hydrogens is 364 g/mol. The highest BCUT2D eigenvalue weighted by Gasteiger charge is 2.33. The van der Waals surface area contributed by atoms with E-state index in [1.54, 1.807) is 43.1 Å². The van der Waals surface area contributed by atoms with Gasteiger partial charge in [0.2, 0.25) is 0 Å². The summed E-state index contributed by atoms with van der Waals surface area (Å²) in [5.41, 5.74) is 2.45. The first-order chi connectivity index (χ1) is 13.4. The zero-order chi connectivity index (χ0) is 20.0. The minimum atomic E-state index is -0.751. The number of aryl methyl sites for hydroxylation is 1. The number of aromatic nitrogens is 2. The van der Waals surface area contributed by atoms with Crippen molar-refractivity contribution in [3.05, 3.63) is 71.1 Å². The molecule has 0 bridgehead atoms. The van der Waals surface area contributed by atoms with Gasteiger partial charge in [0.05, 0.1) is 17.3 Å². The SMILES string of the molecule is Cc1nn2c(c1-c1ccc(F)cc1F)C(N(C)c1ccc(C#N)cc1)=NC2=O. The van der Waals surface area contributed by atoms with Crippen molar-refractivity contribution in [3.63, 3.8) is 0 Å². The fraction of sp³-hybridized carbons (Fsp3) is 0.100. The molecule has 1 aromatic heterocycles. The van der Waals surface area contributed by atoms with E-state index in [1.165, 1.54) is 6.07 Å². The number of nitrogens with zero attached hydrogens (tertiary/aromatic N) is 5. The standard InChI is InChI=1S/C20H13F2N5O/c1-11-17(15-8-5-13(21)9-16(15)22)18-19(24-20(28)27(18)25-11)26(2)14-6-3-12(10-23)4-7-14/h3-9H,1-2H3. The quantitative estimate of drug-likeness (QED) is 0.679. The second-order valence-corrected chi connectivity index (χ2v) is 6.28. The summed E-state index contributed by atoms with van der Waals surface area (Å²) in [6.07, 6.45) is 0. The topological polar surface area (TPSA) is 74.3 Å². The van der Waals surface area contributed by atoms with E-state index < -0.39 is 17.7 Å². The number of carbonyl (C=O) groups is 1. The number of hydrogen-bond donors (Lipinski definition) is 0. The first kappa shape index (κ1) is 17.5. The molecule has 0 radical (unpaired) electrons. The predicted molar refractivity (Wildman–Crippen MR) is 99.2 cm³/mol. The first-order valence-corrected chi connectivity index (χ1v) is 8.33. The summed E-state index contributed by atoms with van der Waals surface area (Å²) < 4.78 is 28.9. The van der Waals surface area contributed by atoms with Gasteiger partial charge in [-0.05, 0) is 43.3 Å². The highest BCUT2D eigenvalue weighted by molar-refractivity contribution is 6.20. The van der Waals surface area contributed by atoms with Gasteiger partial charge in [-0.25, -0.2) is 13.6 Å². The van der Waals surface area contributed by atoms with Gasteiger partial charge in [-0.2, -0.15) is 20.0 Å². The van der Waals surface area contributed by atoms with Crippen LogP contribution in [0.2, 0.25) is 0 Å². The van der Waals surface area contributed by atoms with E-state index in [-0.39, 0.29) is 11.4 Å². The van der Waals surface area contributed by atoms with Crippen LogP contribution >= 0.6 is 0 Å². The highest BCUT2D eigenvalue weighted by Crippen LogP contribution is 2.34. The molecule has 0 saturated carbocycles. The van der Waals surface area contributed by atoms with Crippen molar-refractivity contribution < 1.29 is 13.6 Å². The number of amides is 1. The minimum Gasteiger partial charge on any atom is -0.327 e. The van der Waals surface area contributed by atoms with Crippen LogP contribution in [0, 0.1) is 29.9 Å². The molecule has 4 rings (SSSR count). The fourth-order valence-electron chi connectivity index (χ4n) is 3.19. The average molecular weight is 377 g/mol. The molecular formula is C20H13F2N5O. The van der Waals surface area contributed by atoms with E-state index in [9.17, 15) is 13.6 Å². The maximum absolute atomic E-state index is 14.4. The van der Waals surface area contributed by atoms with Crippen molar-refractivity contribution in [2.75, 3.05) is 11.9 Å². The lowest BCUT2D eigenvalue weighted by Crippen LogP contribution is -2.27. The predicted octanol–water partition coefficient (Wildman–Crippen LogP) is 3.87. The van der Waals surface area contributed by atoms with Crippen molar-refractivity contribution in [2.45, 2.75) is 6.92 Å². The Kier molecular flexibility index (Phi) is 4.00. The van der Waals surface area contributed by atoms with Crippen molar-refractivity contribution in [1.29, 1.82) is 5.26 Å². The summed E-state index contributed by atoms with van der Waals surface area (Å²) in [7, 11) is 1.70. The molecule has 1 aliphatic heterocycles. The number of hydrogen-bond acceptors (Lipinski definition) is 4. The molecule has 2 heterocycles. The molecule has 0 unspecified atom stereocenters. The number of carbonyl (C=O) groups excluding carboxylic acids is 1. The Morgan fingerprint density at radius 1 is 1.14 bits per heavy atom. The van der Waals surface area contributed by atoms with E-state index in [2.05, 4.69) is 10.1 Å². The van der Waals surface area contributed by atoms with Gasteiger partial charge in [0.25, 0.3) is 0 Å². The molecule has 28 heavy (non-hydrogen) atoms. The molecule has 1 aliphatic rings. The maximum atomic E-state index is 14.4. The maximum Gasteiger partial charge on any atom is 0.370 e. The zero-order valence-electron chi connectivity index (χ0n) is 14.9. The third-order valence-corrected chi connectivity index (χ3v) is 4.56. The van der Waals surface area contributed by atoms with Gasteiger partial charge in [-0.3, -0.25) is 0 Å². The lowest BCUT2D eigenvalue weighted by atomic mass is 10.0. The summed E-state index contributed by atoms with van der Waals surface area (Å²) in [6, 6.07) is 11.4. The molecule has 0 aliphatic carbocycles. The van der Waals surface area contributed by atoms with E-state index in [0.29, 0.717) is 28.2 Å². The largest absolute Gasteiger partial charge is 0.370 e. The number of aliphatic imine (C=N–C) groups is 1. The summed E-state index contributed by atoms with van der Waals surface area (Å²) in [6.45, 7) is 1.65. The Morgan fingerprint density at radius 2 is 1.86 bits per heavy atom. The van der Waals surface area contributed by atoms with Crippen LogP contribution in [0.3, 0.4) is 0 Å². The Balaban J connectivity index is 1.86. The second-order valence-electron chi connectivity index (χ2n) is 6.28. The van der Waals surface area contributed by atoms with Crippen molar-refractivity contribution >= 4 is 17.6 Å². The second kappa shape index (κ2) is 6.39. The third kappa shape index (κ3) is 2.65. The van der Waals surface area contributed by atoms with Gasteiger partial charge in [0.15, 0.2) is 5.84 Å². The molecule has 1 amide bonds. The molecule has 0 fully saturated rings. The van der Waals surface area contributed by atoms with Crippen LogP contribution in [0.4, 0.5) is 19.3 Å². The van der Waals surface area contributed by atoms with Gasteiger partial charge in [0, 0.05) is 29.9 Å².